The third kappa shape index (κ3) is 7.83. The van der Waals surface area contributed by atoms with Gasteiger partial charge >= 0.3 is 0 Å². The first-order chi connectivity index (χ1) is 10.8. The molecule has 0 aliphatic heterocycles. The van der Waals surface area contributed by atoms with Crippen LogP contribution in [0.1, 0.15) is 52.2 Å². The van der Waals surface area contributed by atoms with Crippen molar-refractivity contribution in [3.8, 4) is 29.8 Å². The van der Waals surface area contributed by atoms with E-state index in [9.17, 15) is 0 Å². The molecular weight excluding hydrogens is 298 g/mol. The van der Waals surface area contributed by atoms with E-state index in [0.717, 1.165) is 23.5 Å². The number of nitriles is 1. The molecule has 0 radical (unpaired) electrons. The smallest absolute Gasteiger partial charge is 0.152 e. The molecule has 1 nitrogen and oxygen atoms in total. The lowest BCUT2D eigenvalue weighted by Crippen LogP contribution is -2.14. The van der Waals surface area contributed by atoms with Crippen molar-refractivity contribution in [2.24, 2.45) is 10.8 Å². The van der Waals surface area contributed by atoms with E-state index in [-0.39, 0.29) is 10.8 Å². The minimum absolute atomic E-state index is 0.0231. The molecule has 0 fully saturated rings. The minimum atomic E-state index is 0.0231. The summed E-state index contributed by atoms with van der Waals surface area (Å²) in [6.45, 7) is 11.0. The highest BCUT2D eigenvalue weighted by Gasteiger charge is 2.17. The Labute approximate surface area is 145 Å². The molecule has 0 bridgehead atoms. The van der Waals surface area contributed by atoms with Gasteiger partial charge in [0, 0.05) is 33.8 Å². The van der Waals surface area contributed by atoms with E-state index in [1.54, 1.807) is 0 Å². The Morgan fingerprint density at radius 1 is 1.00 bits per heavy atom. The molecule has 1 rings (SSSR count). The molecule has 0 aliphatic carbocycles. The number of hydrogen-bond donors (Lipinski definition) is 0. The molecule has 0 aliphatic rings. The molecule has 0 N–H and O–H groups in total. The van der Waals surface area contributed by atoms with E-state index in [4.69, 9.17) is 5.26 Å². The van der Waals surface area contributed by atoms with Gasteiger partial charge in [0.2, 0.25) is 0 Å². The number of rotatable bonds is 5. The van der Waals surface area contributed by atoms with Crippen molar-refractivity contribution in [1.29, 1.82) is 5.26 Å². The van der Waals surface area contributed by atoms with Crippen LogP contribution in [0.4, 0.5) is 0 Å². The largest absolute Gasteiger partial charge is 0.183 e. The Balaban J connectivity index is 2.54. The third-order valence-corrected chi connectivity index (χ3v) is 5.03. The van der Waals surface area contributed by atoms with Gasteiger partial charge in [-0.25, -0.2) is 0 Å². The maximum Gasteiger partial charge on any atom is 0.152 e. The van der Waals surface area contributed by atoms with Crippen molar-refractivity contribution < 1.29 is 0 Å². The molecular formula is C21H25NS. The molecule has 2 heteroatoms. The summed E-state index contributed by atoms with van der Waals surface area (Å²) in [5.74, 6) is 14.1. The summed E-state index contributed by atoms with van der Waals surface area (Å²) in [7, 11) is 0. The summed E-state index contributed by atoms with van der Waals surface area (Å²) in [6, 6.07) is 9.92. The second-order valence-corrected chi connectivity index (χ2v) is 7.91. The lowest BCUT2D eigenvalue weighted by molar-refractivity contribution is 0.479. The Kier molecular flexibility index (Phi) is 7.29. The van der Waals surface area contributed by atoms with Gasteiger partial charge in [0.15, 0.2) is 6.07 Å². The monoisotopic (exact) mass is 323 g/mol. The minimum Gasteiger partial charge on any atom is -0.183 e. The number of nitrogens with zero attached hydrogens (tertiary/aromatic N) is 1. The zero-order valence-electron chi connectivity index (χ0n) is 14.8. The highest BCUT2D eigenvalue weighted by molar-refractivity contribution is 7.98. The predicted octanol–water partition coefficient (Wildman–Crippen LogP) is 5.26. The second kappa shape index (κ2) is 8.72. The molecule has 0 spiro atoms. The Hall–Kier alpha value is -1.82. The van der Waals surface area contributed by atoms with Crippen LogP contribution in [0, 0.1) is 45.8 Å². The number of thioether (sulfide) groups is 1. The van der Waals surface area contributed by atoms with E-state index in [2.05, 4.69) is 70.4 Å². The molecule has 0 unspecified atom stereocenters. The van der Waals surface area contributed by atoms with E-state index in [0.29, 0.717) is 0 Å². The topological polar surface area (TPSA) is 23.8 Å². The van der Waals surface area contributed by atoms with Crippen LogP contribution in [-0.2, 0) is 5.75 Å². The Morgan fingerprint density at radius 3 is 2.17 bits per heavy atom. The quantitative estimate of drug-likeness (QED) is 0.690. The van der Waals surface area contributed by atoms with Crippen LogP contribution in [0.25, 0.3) is 0 Å². The molecule has 0 aromatic heterocycles. The van der Waals surface area contributed by atoms with Crippen molar-refractivity contribution >= 4 is 11.8 Å². The first kappa shape index (κ1) is 19.2. The normalized spacial score (nSPS) is 10.8. The van der Waals surface area contributed by atoms with Gasteiger partial charge in [0.05, 0.1) is 0 Å². The highest BCUT2D eigenvalue weighted by atomic mass is 32.2. The van der Waals surface area contributed by atoms with Gasteiger partial charge in [-0.05, 0) is 51.8 Å². The van der Waals surface area contributed by atoms with E-state index in [1.807, 2.05) is 30.0 Å². The van der Waals surface area contributed by atoms with E-state index in [1.165, 1.54) is 5.56 Å². The summed E-state index contributed by atoms with van der Waals surface area (Å²) >= 11 is 1.90. The Bertz CT molecular complexity index is 667. The van der Waals surface area contributed by atoms with E-state index >= 15 is 0 Å². The van der Waals surface area contributed by atoms with Crippen LogP contribution >= 0.6 is 11.8 Å². The van der Waals surface area contributed by atoms with E-state index < -0.39 is 0 Å². The average Bonchev–Trinajstić information content (AvgIpc) is 2.52. The standard InChI is InChI=1S/C21H25NS/c1-6-20(2,3)13-14-21(4,5)17-23-16-19-11-9-18(10-12-19)8-7-15-22/h9-12H,6,16-17H2,1-5H3. The molecule has 0 saturated carbocycles. The van der Waals surface area contributed by atoms with Crippen molar-refractivity contribution in [2.45, 2.75) is 46.8 Å². The zero-order chi connectivity index (χ0) is 17.3. The highest BCUT2D eigenvalue weighted by Crippen LogP contribution is 2.25. The van der Waals surface area contributed by atoms with Gasteiger partial charge in [0.1, 0.15) is 0 Å². The van der Waals surface area contributed by atoms with Crippen LogP contribution < -0.4 is 0 Å². The van der Waals surface area contributed by atoms with Crippen LogP contribution in [0.2, 0.25) is 0 Å². The van der Waals surface area contributed by atoms with Crippen molar-refractivity contribution in [2.75, 3.05) is 5.75 Å². The molecule has 1 aromatic rings. The SMILES string of the molecule is CCC(C)(C)C#CC(C)(C)CSCc1ccc(C#CC#N)cc1. The summed E-state index contributed by atoms with van der Waals surface area (Å²) < 4.78 is 0. The fourth-order valence-electron chi connectivity index (χ4n) is 1.67. The maximum absolute atomic E-state index is 8.45. The second-order valence-electron chi connectivity index (χ2n) is 6.92. The summed E-state index contributed by atoms with van der Waals surface area (Å²) in [5.41, 5.74) is 2.28. The summed E-state index contributed by atoms with van der Waals surface area (Å²) in [5, 5.41) is 8.45. The van der Waals surface area contributed by atoms with Gasteiger partial charge in [-0.15, -0.1) is 0 Å². The molecule has 1 aromatic carbocycles. The molecule has 23 heavy (non-hydrogen) atoms. The Morgan fingerprint density at radius 2 is 1.61 bits per heavy atom. The lowest BCUT2D eigenvalue weighted by Gasteiger charge is -2.20. The van der Waals surface area contributed by atoms with Gasteiger partial charge in [-0.3, -0.25) is 0 Å². The maximum atomic E-state index is 8.45. The average molecular weight is 324 g/mol. The molecule has 0 saturated heterocycles. The first-order valence-electron chi connectivity index (χ1n) is 7.89. The molecule has 120 valence electrons. The van der Waals surface area contributed by atoms with Crippen LogP contribution in [-0.4, -0.2) is 5.75 Å². The fraction of sp³-hybridized carbons (Fsp3) is 0.476. The van der Waals surface area contributed by atoms with Crippen LogP contribution in [0.3, 0.4) is 0 Å². The van der Waals surface area contributed by atoms with Crippen molar-refractivity contribution in [3.05, 3.63) is 35.4 Å². The van der Waals surface area contributed by atoms with Gasteiger partial charge in [-0.2, -0.15) is 17.0 Å². The van der Waals surface area contributed by atoms with Gasteiger partial charge < -0.3 is 0 Å². The third-order valence-electron chi connectivity index (χ3n) is 3.57. The van der Waals surface area contributed by atoms with Crippen LogP contribution in [0.15, 0.2) is 24.3 Å². The van der Waals surface area contributed by atoms with Crippen molar-refractivity contribution in [1.82, 2.24) is 0 Å². The van der Waals surface area contributed by atoms with Crippen LogP contribution in [0.5, 0.6) is 0 Å². The van der Waals surface area contributed by atoms with Gasteiger partial charge in [0.25, 0.3) is 0 Å². The van der Waals surface area contributed by atoms with Gasteiger partial charge in [-0.1, -0.05) is 36.8 Å². The molecule has 0 atom stereocenters. The first-order valence-corrected chi connectivity index (χ1v) is 9.04. The molecule has 0 heterocycles. The summed E-state index contributed by atoms with van der Waals surface area (Å²) in [4.78, 5) is 0. The lowest BCUT2D eigenvalue weighted by atomic mass is 9.88. The van der Waals surface area contributed by atoms with Crippen molar-refractivity contribution in [3.63, 3.8) is 0 Å². The number of benzene rings is 1. The number of hydrogen-bond acceptors (Lipinski definition) is 2. The summed E-state index contributed by atoms with van der Waals surface area (Å²) in [6.07, 6.45) is 1.07. The predicted molar refractivity (Wildman–Crippen MR) is 101 cm³/mol. The fourth-order valence-corrected chi connectivity index (χ4v) is 2.78. The molecule has 0 amide bonds. The zero-order valence-corrected chi connectivity index (χ0v) is 15.6.